The second kappa shape index (κ2) is 7.35. The molecule has 1 saturated carbocycles. The first-order chi connectivity index (χ1) is 11.2. The summed E-state index contributed by atoms with van der Waals surface area (Å²) in [6, 6.07) is 5.87. The summed E-state index contributed by atoms with van der Waals surface area (Å²) in [6.45, 7) is 0. The highest BCUT2D eigenvalue weighted by Crippen LogP contribution is 2.23. The Morgan fingerprint density at radius 2 is 1.65 bits per heavy atom. The number of halogens is 2. The van der Waals surface area contributed by atoms with Gasteiger partial charge in [0, 0.05) is 12.2 Å². The summed E-state index contributed by atoms with van der Waals surface area (Å²) in [5.74, 6) is -0.495. The van der Waals surface area contributed by atoms with Gasteiger partial charge < -0.3 is 10.6 Å². The number of para-hydroxylation sites is 1. The zero-order valence-corrected chi connectivity index (χ0v) is 12.9. The van der Waals surface area contributed by atoms with E-state index in [0.717, 1.165) is 12.8 Å². The van der Waals surface area contributed by atoms with E-state index in [1.807, 2.05) is 0 Å². The van der Waals surface area contributed by atoms with Gasteiger partial charge in [0.15, 0.2) is 0 Å². The molecule has 1 aromatic heterocycles. The minimum atomic E-state index is -0.671. The van der Waals surface area contributed by atoms with Crippen LogP contribution >= 0.6 is 0 Å². The lowest BCUT2D eigenvalue weighted by molar-refractivity contribution is 0.590. The molecule has 0 amide bonds. The van der Waals surface area contributed by atoms with E-state index in [1.165, 1.54) is 43.9 Å². The van der Waals surface area contributed by atoms with E-state index < -0.39 is 11.6 Å². The van der Waals surface area contributed by atoms with Gasteiger partial charge in [0.25, 0.3) is 0 Å². The van der Waals surface area contributed by atoms with Crippen molar-refractivity contribution in [2.24, 2.45) is 0 Å². The molecule has 23 heavy (non-hydrogen) atoms. The van der Waals surface area contributed by atoms with E-state index in [0.29, 0.717) is 11.9 Å². The molecule has 122 valence electrons. The van der Waals surface area contributed by atoms with Gasteiger partial charge in [0.05, 0.1) is 0 Å². The Morgan fingerprint density at radius 1 is 0.957 bits per heavy atom. The standard InChI is InChI=1S/C17H20F2N4/c18-13-8-5-9-14(19)16(13)23-17-20-11-10-15(22-17)21-12-6-3-1-2-4-7-12/h5,8-12H,1-4,6-7H2,(H2,20,21,22,23). The summed E-state index contributed by atoms with van der Waals surface area (Å²) in [4.78, 5) is 8.34. The van der Waals surface area contributed by atoms with Gasteiger partial charge in [-0.2, -0.15) is 4.98 Å². The Balaban J connectivity index is 1.72. The summed E-state index contributed by atoms with van der Waals surface area (Å²) in [5.41, 5.74) is -0.237. The first-order valence-corrected chi connectivity index (χ1v) is 8.03. The zero-order chi connectivity index (χ0) is 16.1. The van der Waals surface area contributed by atoms with Crippen molar-refractivity contribution in [1.82, 2.24) is 9.97 Å². The molecule has 2 aromatic rings. The Labute approximate surface area is 134 Å². The van der Waals surface area contributed by atoms with E-state index in [1.54, 1.807) is 12.3 Å². The van der Waals surface area contributed by atoms with Crippen molar-refractivity contribution in [3.63, 3.8) is 0 Å². The van der Waals surface area contributed by atoms with Crippen LogP contribution in [0.3, 0.4) is 0 Å². The van der Waals surface area contributed by atoms with E-state index in [4.69, 9.17) is 0 Å². The van der Waals surface area contributed by atoms with Gasteiger partial charge in [0.1, 0.15) is 23.1 Å². The van der Waals surface area contributed by atoms with Gasteiger partial charge in [-0.05, 0) is 31.0 Å². The van der Waals surface area contributed by atoms with Crippen LogP contribution in [0, 0.1) is 11.6 Å². The molecule has 0 saturated heterocycles. The third-order valence-electron chi connectivity index (χ3n) is 4.06. The lowest BCUT2D eigenvalue weighted by Crippen LogP contribution is -2.19. The molecule has 0 atom stereocenters. The minimum absolute atomic E-state index is 0.174. The highest BCUT2D eigenvalue weighted by molar-refractivity contribution is 5.56. The molecule has 0 bridgehead atoms. The third-order valence-corrected chi connectivity index (χ3v) is 4.06. The molecular weight excluding hydrogens is 298 g/mol. The summed E-state index contributed by atoms with van der Waals surface area (Å²) < 4.78 is 27.4. The second-order valence-electron chi connectivity index (χ2n) is 5.82. The van der Waals surface area contributed by atoms with Crippen molar-refractivity contribution in [3.05, 3.63) is 42.1 Å². The van der Waals surface area contributed by atoms with Crippen molar-refractivity contribution < 1.29 is 8.78 Å². The fourth-order valence-electron chi connectivity index (χ4n) is 2.86. The topological polar surface area (TPSA) is 49.8 Å². The number of benzene rings is 1. The van der Waals surface area contributed by atoms with Crippen LogP contribution in [0.15, 0.2) is 30.5 Å². The van der Waals surface area contributed by atoms with Crippen molar-refractivity contribution in [2.75, 3.05) is 10.6 Å². The second-order valence-corrected chi connectivity index (χ2v) is 5.82. The van der Waals surface area contributed by atoms with Crippen LogP contribution in [0.5, 0.6) is 0 Å². The number of anilines is 3. The van der Waals surface area contributed by atoms with Crippen LogP contribution in [-0.2, 0) is 0 Å². The fourth-order valence-corrected chi connectivity index (χ4v) is 2.86. The quantitative estimate of drug-likeness (QED) is 0.807. The predicted molar refractivity (Wildman–Crippen MR) is 86.8 cm³/mol. The molecule has 1 aliphatic carbocycles. The van der Waals surface area contributed by atoms with Crippen LogP contribution in [0.4, 0.5) is 26.2 Å². The molecule has 3 rings (SSSR count). The molecule has 0 spiro atoms. The van der Waals surface area contributed by atoms with E-state index in [9.17, 15) is 8.78 Å². The van der Waals surface area contributed by atoms with Gasteiger partial charge in [-0.3, -0.25) is 0 Å². The lowest BCUT2D eigenvalue weighted by Gasteiger charge is -2.17. The van der Waals surface area contributed by atoms with E-state index in [-0.39, 0.29) is 11.6 Å². The van der Waals surface area contributed by atoms with Crippen molar-refractivity contribution in [1.29, 1.82) is 0 Å². The highest BCUT2D eigenvalue weighted by atomic mass is 19.1. The van der Waals surface area contributed by atoms with Gasteiger partial charge >= 0.3 is 0 Å². The monoisotopic (exact) mass is 318 g/mol. The number of nitrogens with one attached hydrogen (secondary N) is 2. The highest BCUT2D eigenvalue weighted by Gasteiger charge is 2.14. The maximum atomic E-state index is 13.7. The van der Waals surface area contributed by atoms with Crippen molar-refractivity contribution in [2.45, 2.75) is 44.6 Å². The Morgan fingerprint density at radius 3 is 2.35 bits per heavy atom. The summed E-state index contributed by atoms with van der Waals surface area (Å²) >= 11 is 0. The first kappa shape index (κ1) is 15.6. The van der Waals surface area contributed by atoms with Crippen molar-refractivity contribution >= 4 is 17.5 Å². The zero-order valence-electron chi connectivity index (χ0n) is 12.9. The van der Waals surface area contributed by atoms with Gasteiger partial charge in [-0.25, -0.2) is 13.8 Å². The predicted octanol–water partition coefficient (Wildman–Crippen LogP) is 4.63. The van der Waals surface area contributed by atoms with Crippen molar-refractivity contribution in [3.8, 4) is 0 Å². The molecule has 0 unspecified atom stereocenters. The van der Waals surface area contributed by atoms with Crippen LogP contribution in [0.25, 0.3) is 0 Å². The van der Waals surface area contributed by atoms with Gasteiger partial charge in [0.2, 0.25) is 5.95 Å². The molecule has 1 fully saturated rings. The van der Waals surface area contributed by atoms with Gasteiger partial charge in [-0.15, -0.1) is 0 Å². The summed E-state index contributed by atoms with van der Waals surface area (Å²) in [6.07, 6.45) is 8.81. The van der Waals surface area contributed by atoms with Crippen LogP contribution in [-0.4, -0.2) is 16.0 Å². The average molecular weight is 318 g/mol. The maximum absolute atomic E-state index is 13.7. The summed E-state index contributed by atoms with van der Waals surface area (Å²) in [7, 11) is 0. The van der Waals surface area contributed by atoms with E-state index in [2.05, 4.69) is 20.6 Å². The molecule has 6 heteroatoms. The molecule has 4 nitrogen and oxygen atoms in total. The smallest absolute Gasteiger partial charge is 0.229 e. The number of hydrogen-bond donors (Lipinski definition) is 2. The summed E-state index contributed by atoms with van der Waals surface area (Å²) in [5, 5.41) is 6.02. The molecule has 0 aliphatic heterocycles. The van der Waals surface area contributed by atoms with Crippen LogP contribution < -0.4 is 10.6 Å². The Bertz CT molecular complexity index is 635. The lowest BCUT2D eigenvalue weighted by atomic mass is 10.1. The SMILES string of the molecule is Fc1cccc(F)c1Nc1nccc(NC2CCCCCC2)n1. The fraction of sp³-hybridized carbons (Fsp3) is 0.412. The van der Waals surface area contributed by atoms with Crippen LogP contribution in [0.1, 0.15) is 38.5 Å². The largest absolute Gasteiger partial charge is 0.367 e. The molecule has 2 N–H and O–H groups in total. The number of hydrogen-bond acceptors (Lipinski definition) is 4. The number of aromatic nitrogens is 2. The van der Waals surface area contributed by atoms with Crippen LogP contribution in [0.2, 0.25) is 0 Å². The average Bonchev–Trinajstić information content (AvgIpc) is 2.80. The maximum Gasteiger partial charge on any atom is 0.229 e. The third kappa shape index (κ3) is 4.15. The molecular formula is C17H20F2N4. The molecule has 0 radical (unpaired) electrons. The number of rotatable bonds is 4. The van der Waals surface area contributed by atoms with Gasteiger partial charge in [-0.1, -0.05) is 31.7 Å². The normalized spacial score (nSPS) is 15.9. The molecule has 1 aromatic carbocycles. The number of nitrogens with zero attached hydrogens (tertiary/aromatic N) is 2. The minimum Gasteiger partial charge on any atom is -0.367 e. The first-order valence-electron chi connectivity index (χ1n) is 8.03. The van der Waals surface area contributed by atoms with E-state index >= 15 is 0 Å². The molecule has 1 aliphatic rings. The molecule has 1 heterocycles. The Hall–Kier alpha value is -2.24. The Kier molecular flexibility index (Phi) is 5.00.